The van der Waals surface area contributed by atoms with E-state index >= 15 is 0 Å². The van der Waals surface area contributed by atoms with Crippen LogP contribution in [-0.2, 0) is 26.9 Å². The Hall–Kier alpha value is -4.90. The van der Waals surface area contributed by atoms with Gasteiger partial charge in [0.05, 0.1) is 57.6 Å². The highest BCUT2D eigenvalue weighted by Gasteiger charge is 2.41. The maximum atomic E-state index is 13.6. The number of halogens is 3. The second-order valence-electron chi connectivity index (χ2n) is 11.4. The molecule has 0 unspecified atom stereocenters. The summed E-state index contributed by atoms with van der Waals surface area (Å²) in [6.45, 7) is 2.33. The van der Waals surface area contributed by atoms with Gasteiger partial charge < -0.3 is 14.3 Å². The van der Waals surface area contributed by atoms with Crippen LogP contribution in [0.1, 0.15) is 54.5 Å². The number of fused-ring (bicyclic) bond motifs is 1. The zero-order valence-corrected chi connectivity index (χ0v) is 25.7. The van der Waals surface area contributed by atoms with E-state index in [1.165, 1.54) is 28.7 Å². The summed E-state index contributed by atoms with van der Waals surface area (Å²) < 4.78 is 48.0. The highest BCUT2D eigenvalue weighted by molar-refractivity contribution is 5.93. The lowest BCUT2D eigenvalue weighted by molar-refractivity contribution is -0.870. The molecule has 0 spiro atoms. The van der Waals surface area contributed by atoms with Gasteiger partial charge in [-0.1, -0.05) is 12.1 Å². The first-order valence-corrected chi connectivity index (χ1v) is 14.0. The van der Waals surface area contributed by atoms with Gasteiger partial charge in [0.1, 0.15) is 6.04 Å². The number of benzene rings is 2. The summed E-state index contributed by atoms with van der Waals surface area (Å²) in [6.07, 6.45) is -1.26. The van der Waals surface area contributed by atoms with Crippen molar-refractivity contribution in [3.63, 3.8) is 0 Å². The number of rotatable bonds is 9. The van der Waals surface area contributed by atoms with Gasteiger partial charge in [-0.15, -0.1) is 5.10 Å². The molecule has 1 aromatic heterocycles. The Bertz CT molecular complexity index is 1660. The van der Waals surface area contributed by atoms with Crippen LogP contribution in [0, 0.1) is 11.3 Å². The zero-order valence-electron chi connectivity index (χ0n) is 25.7. The van der Waals surface area contributed by atoms with Crippen LogP contribution in [0.3, 0.4) is 0 Å². The van der Waals surface area contributed by atoms with Gasteiger partial charge in [0.15, 0.2) is 0 Å². The Labute approximate surface area is 258 Å². The van der Waals surface area contributed by atoms with Crippen LogP contribution < -0.4 is 10.6 Å². The summed E-state index contributed by atoms with van der Waals surface area (Å²) >= 11 is 0. The number of nitrogens with one attached hydrogen (secondary N) is 1. The molecular weight excluding hydrogens is 593 g/mol. The molecule has 2 N–H and O–H groups in total. The topological polar surface area (TPSA) is 141 Å². The minimum absolute atomic E-state index is 0.0210. The van der Waals surface area contributed by atoms with E-state index in [2.05, 4.69) is 37.4 Å². The summed E-state index contributed by atoms with van der Waals surface area (Å²) in [5.41, 5.74) is 0.677. The highest BCUT2D eigenvalue weighted by Crippen LogP contribution is 2.43. The van der Waals surface area contributed by atoms with Crippen molar-refractivity contribution in [1.29, 1.82) is 5.26 Å². The minimum Gasteiger partial charge on any atom is -0.483 e. The van der Waals surface area contributed by atoms with Gasteiger partial charge in [-0.2, -0.15) is 18.4 Å². The Morgan fingerprint density at radius 3 is 2.47 bits per heavy atom. The Morgan fingerprint density at radius 1 is 1.18 bits per heavy atom. The number of carbonyl (C=O) groups excluding carboxylic acids is 1. The molecule has 1 atom stereocenters. The number of anilines is 2. The lowest BCUT2D eigenvalue weighted by Gasteiger charge is -2.36. The number of allylic oxidation sites excluding steroid dienone is 1. The van der Waals surface area contributed by atoms with E-state index < -0.39 is 29.4 Å². The third-order valence-corrected chi connectivity index (χ3v) is 7.32. The largest absolute Gasteiger partial charge is 0.483 e. The monoisotopic (exact) mass is 629 g/mol. The fourth-order valence-electron chi connectivity index (χ4n) is 5.32. The standard InChI is InChI=1S/C30H33F3N6O3.CH2O2/c1-19-25(27(40)42-5)26(24-14-13-20(18-34)16-21(24)10-7-6-8-15-39(2,3)4)38-28(35-36-29(38)41)37(19)23-12-9-11-22(17-23)30(31,32)33;2-1-3/h9,11-14,16-17,26H,6-8,10,15H2,1-5H3;1H,(H,2,3)/p+1/t26-;/m1./s1. The number of aryl methyl sites for hydroxylation is 1. The number of aromatic nitrogens is 3. The second-order valence-corrected chi connectivity index (χ2v) is 11.4. The van der Waals surface area contributed by atoms with Crippen molar-refractivity contribution < 1.29 is 37.1 Å². The molecule has 1 aliphatic rings. The molecule has 14 heteroatoms. The van der Waals surface area contributed by atoms with Crippen molar-refractivity contribution in [2.45, 2.75) is 44.8 Å². The smallest absolute Gasteiger partial charge is 0.416 e. The lowest BCUT2D eigenvalue weighted by Crippen LogP contribution is -2.38. The third kappa shape index (κ3) is 7.98. The number of carboxylic acid groups (broad SMARTS) is 1. The molecule has 2 heterocycles. The number of nitriles is 1. The number of hydrogen-bond donors (Lipinski definition) is 2. The molecule has 0 radical (unpaired) electrons. The molecule has 1 aliphatic heterocycles. The van der Waals surface area contributed by atoms with Crippen molar-refractivity contribution in [3.05, 3.63) is 86.5 Å². The van der Waals surface area contributed by atoms with Crippen molar-refractivity contribution in [2.75, 3.05) is 39.7 Å². The summed E-state index contributed by atoms with van der Waals surface area (Å²) in [4.78, 5) is 36.3. The van der Waals surface area contributed by atoms with E-state index in [1.54, 1.807) is 25.1 Å². The maximum absolute atomic E-state index is 13.6. The predicted molar refractivity (Wildman–Crippen MR) is 160 cm³/mol. The second kappa shape index (κ2) is 14.3. The predicted octanol–water partition coefficient (Wildman–Crippen LogP) is 4.77. The summed E-state index contributed by atoms with van der Waals surface area (Å²) in [7, 11) is 7.59. The van der Waals surface area contributed by atoms with E-state index in [1.807, 2.05) is 0 Å². The number of hydrogen-bond acceptors (Lipinski definition) is 7. The lowest BCUT2D eigenvalue weighted by atomic mass is 9.88. The number of methoxy groups -OCH3 is 1. The number of esters is 1. The van der Waals surface area contributed by atoms with Gasteiger partial charge in [0.2, 0.25) is 5.95 Å². The average Bonchev–Trinajstić information content (AvgIpc) is 3.36. The minimum atomic E-state index is -4.61. The summed E-state index contributed by atoms with van der Waals surface area (Å²) in [5.74, 6) is -0.723. The van der Waals surface area contributed by atoms with Crippen LogP contribution in [0.4, 0.5) is 24.8 Å². The Morgan fingerprint density at radius 2 is 1.87 bits per heavy atom. The first-order valence-electron chi connectivity index (χ1n) is 14.0. The molecule has 240 valence electrons. The molecule has 0 fully saturated rings. The van der Waals surface area contributed by atoms with E-state index in [4.69, 9.17) is 14.6 Å². The number of alkyl halides is 3. The van der Waals surface area contributed by atoms with Crippen molar-refractivity contribution in [2.24, 2.45) is 0 Å². The van der Waals surface area contributed by atoms with Crippen molar-refractivity contribution in [1.82, 2.24) is 14.8 Å². The van der Waals surface area contributed by atoms with Crippen LogP contribution >= 0.6 is 0 Å². The summed E-state index contributed by atoms with van der Waals surface area (Å²) in [5, 5.41) is 23.0. The van der Waals surface area contributed by atoms with Crippen molar-refractivity contribution >= 4 is 24.1 Å². The fraction of sp³-hybridized carbons (Fsp3) is 0.387. The molecule has 0 saturated carbocycles. The first-order chi connectivity index (χ1) is 21.2. The van der Waals surface area contributed by atoms with Gasteiger partial charge in [-0.05, 0) is 74.1 Å². The number of unbranched alkanes of at least 4 members (excludes halogenated alkanes) is 2. The molecule has 3 aromatic rings. The quantitative estimate of drug-likeness (QED) is 0.149. The van der Waals surface area contributed by atoms with Gasteiger partial charge in [0, 0.05) is 11.4 Å². The van der Waals surface area contributed by atoms with Gasteiger partial charge in [0.25, 0.3) is 6.47 Å². The van der Waals surface area contributed by atoms with E-state index in [-0.39, 0.29) is 29.4 Å². The molecular formula is C31H36F3N6O5+. The van der Waals surface area contributed by atoms with E-state index in [0.717, 1.165) is 48.0 Å². The number of quaternary nitrogens is 1. The molecule has 0 amide bonds. The fourth-order valence-corrected chi connectivity index (χ4v) is 5.32. The Balaban J connectivity index is 0.00000177. The average molecular weight is 630 g/mol. The molecule has 11 nitrogen and oxygen atoms in total. The molecule has 2 aromatic carbocycles. The van der Waals surface area contributed by atoms with Crippen LogP contribution in [0.15, 0.2) is 58.5 Å². The zero-order chi connectivity index (χ0) is 33.5. The molecule has 0 bridgehead atoms. The van der Waals surface area contributed by atoms with E-state index in [9.17, 15) is 28.0 Å². The van der Waals surface area contributed by atoms with Gasteiger partial charge in [-0.25, -0.2) is 19.3 Å². The molecule has 0 aliphatic carbocycles. The van der Waals surface area contributed by atoms with E-state index in [0.29, 0.717) is 17.5 Å². The van der Waals surface area contributed by atoms with Crippen molar-refractivity contribution in [3.8, 4) is 6.07 Å². The number of carbonyl (C=O) groups is 2. The first kappa shape index (κ1) is 34.6. The Kier molecular flexibility index (Phi) is 11.0. The number of aromatic amines is 1. The summed E-state index contributed by atoms with van der Waals surface area (Å²) in [6, 6.07) is 10.8. The third-order valence-electron chi connectivity index (χ3n) is 7.32. The molecule has 45 heavy (non-hydrogen) atoms. The SMILES string of the molecule is COC(=O)C1=C(C)N(c2cccc(C(F)(F)F)c2)c2n[nH]c(=O)n2[C@@H]1c1ccc(C#N)cc1CCCCC[N+](C)(C)C.O=CO. The molecule has 4 rings (SSSR count). The van der Waals surface area contributed by atoms with Gasteiger partial charge >= 0.3 is 17.8 Å². The van der Waals surface area contributed by atoms with Crippen LogP contribution in [-0.4, -0.2) is 71.6 Å². The van der Waals surface area contributed by atoms with Crippen LogP contribution in [0.2, 0.25) is 0 Å². The molecule has 0 saturated heterocycles. The number of ether oxygens (including phenoxy) is 1. The van der Waals surface area contributed by atoms with Gasteiger partial charge in [-0.3, -0.25) is 9.69 Å². The normalized spacial score (nSPS) is 14.6. The van der Waals surface area contributed by atoms with Crippen LogP contribution in [0.25, 0.3) is 0 Å². The number of H-pyrrole nitrogens is 1. The highest BCUT2D eigenvalue weighted by atomic mass is 19.4. The van der Waals surface area contributed by atoms with Crippen LogP contribution in [0.5, 0.6) is 0 Å². The maximum Gasteiger partial charge on any atom is 0.416 e. The number of nitrogens with zero attached hydrogens (tertiary/aromatic N) is 5.